The topological polar surface area (TPSA) is 30.5 Å². The molecule has 0 unspecified atom stereocenters. The lowest BCUT2D eigenvalue weighted by atomic mass is 10.1. The van der Waals surface area contributed by atoms with E-state index in [4.69, 9.17) is 9.47 Å². The van der Waals surface area contributed by atoms with Crippen molar-refractivity contribution in [2.75, 3.05) is 33.0 Å². The second kappa shape index (κ2) is 9.13. The molecule has 0 bridgehead atoms. The van der Waals surface area contributed by atoms with E-state index in [1.165, 1.54) is 19.3 Å². The predicted octanol–water partition coefficient (Wildman–Crippen LogP) is 1.96. The van der Waals surface area contributed by atoms with Crippen LogP contribution in [0, 0.1) is 0 Å². The summed E-state index contributed by atoms with van der Waals surface area (Å²) in [7, 11) is 0. The summed E-state index contributed by atoms with van der Waals surface area (Å²) < 4.78 is 10.8. The molecule has 0 aromatic rings. The highest BCUT2D eigenvalue weighted by atomic mass is 16.5. The Morgan fingerprint density at radius 3 is 2.73 bits per heavy atom. The number of ether oxygens (including phenoxy) is 2. The van der Waals surface area contributed by atoms with E-state index in [1.54, 1.807) is 0 Å². The molecule has 0 amide bonds. The number of rotatable bonds is 8. The SMILES string of the molecule is CCCCCOCCNC1CCOCC1. The lowest BCUT2D eigenvalue weighted by Gasteiger charge is -2.23. The lowest BCUT2D eigenvalue weighted by Crippen LogP contribution is -2.36. The van der Waals surface area contributed by atoms with Crippen LogP contribution < -0.4 is 5.32 Å². The Kier molecular flexibility index (Phi) is 7.88. The standard InChI is InChI=1S/C12H25NO2/c1-2-3-4-8-14-11-7-13-12-5-9-15-10-6-12/h12-13H,2-11H2,1H3. The Morgan fingerprint density at radius 2 is 2.00 bits per heavy atom. The van der Waals surface area contributed by atoms with E-state index in [9.17, 15) is 0 Å². The van der Waals surface area contributed by atoms with E-state index in [-0.39, 0.29) is 0 Å². The maximum atomic E-state index is 5.53. The van der Waals surface area contributed by atoms with Gasteiger partial charge in [0, 0.05) is 32.4 Å². The monoisotopic (exact) mass is 215 g/mol. The van der Waals surface area contributed by atoms with Crippen LogP contribution in [0.25, 0.3) is 0 Å². The molecule has 1 saturated heterocycles. The third kappa shape index (κ3) is 6.88. The third-order valence-electron chi connectivity index (χ3n) is 2.79. The first-order valence-electron chi connectivity index (χ1n) is 6.32. The summed E-state index contributed by atoms with van der Waals surface area (Å²) in [4.78, 5) is 0. The lowest BCUT2D eigenvalue weighted by molar-refractivity contribution is 0.0727. The maximum absolute atomic E-state index is 5.53. The molecule has 1 fully saturated rings. The highest BCUT2D eigenvalue weighted by Crippen LogP contribution is 2.05. The number of hydrogen-bond acceptors (Lipinski definition) is 3. The molecular formula is C12H25NO2. The maximum Gasteiger partial charge on any atom is 0.0591 e. The minimum absolute atomic E-state index is 0.651. The van der Waals surface area contributed by atoms with E-state index in [2.05, 4.69) is 12.2 Å². The highest BCUT2D eigenvalue weighted by Gasteiger charge is 2.11. The molecule has 1 N–H and O–H groups in total. The molecule has 1 rings (SSSR count). The van der Waals surface area contributed by atoms with E-state index in [0.717, 1.165) is 45.8 Å². The first-order valence-corrected chi connectivity index (χ1v) is 6.32. The normalized spacial score (nSPS) is 18.2. The molecule has 90 valence electrons. The van der Waals surface area contributed by atoms with Crippen LogP contribution >= 0.6 is 0 Å². The summed E-state index contributed by atoms with van der Waals surface area (Å²) in [5.74, 6) is 0. The van der Waals surface area contributed by atoms with Crippen LogP contribution in [0.4, 0.5) is 0 Å². The van der Waals surface area contributed by atoms with Gasteiger partial charge in [0.2, 0.25) is 0 Å². The van der Waals surface area contributed by atoms with E-state index in [0.29, 0.717) is 6.04 Å². The summed E-state index contributed by atoms with van der Waals surface area (Å²) in [6.07, 6.45) is 6.05. The highest BCUT2D eigenvalue weighted by molar-refractivity contribution is 4.69. The molecule has 15 heavy (non-hydrogen) atoms. The van der Waals surface area contributed by atoms with E-state index in [1.807, 2.05) is 0 Å². The molecule has 1 aliphatic rings. The van der Waals surface area contributed by atoms with E-state index >= 15 is 0 Å². The van der Waals surface area contributed by atoms with Crippen LogP contribution in [-0.4, -0.2) is 39.0 Å². The zero-order chi connectivity index (χ0) is 10.8. The summed E-state index contributed by atoms with van der Waals surface area (Å²) in [5, 5.41) is 3.51. The predicted molar refractivity (Wildman–Crippen MR) is 62.2 cm³/mol. The Labute approximate surface area is 93.5 Å². The van der Waals surface area contributed by atoms with Gasteiger partial charge < -0.3 is 14.8 Å². The Hall–Kier alpha value is -0.120. The van der Waals surface area contributed by atoms with Crippen molar-refractivity contribution >= 4 is 0 Å². The summed E-state index contributed by atoms with van der Waals surface area (Å²) in [6.45, 7) is 6.79. The largest absolute Gasteiger partial charge is 0.381 e. The van der Waals surface area contributed by atoms with Gasteiger partial charge in [-0.15, -0.1) is 0 Å². The van der Waals surface area contributed by atoms with Crippen molar-refractivity contribution in [3.05, 3.63) is 0 Å². The van der Waals surface area contributed by atoms with Gasteiger partial charge in [0.15, 0.2) is 0 Å². The molecule has 1 heterocycles. The van der Waals surface area contributed by atoms with Crippen molar-refractivity contribution in [2.24, 2.45) is 0 Å². The molecule has 0 aliphatic carbocycles. The molecule has 1 aliphatic heterocycles. The van der Waals surface area contributed by atoms with E-state index < -0.39 is 0 Å². The second-order valence-corrected chi connectivity index (χ2v) is 4.16. The Bertz CT molecular complexity index is 136. The van der Waals surface area contributed by atoms with Gasteiger partial charge in [-0.05, 0) is 19.3 Å². The molecular weight excluding hydrogens is 190 g/mol. The summed E-state index contributed by atoms with van der Waals surface area (Å²) in [5.41, 5.74) is 0. The van der Waals surface area contributed by atoms with Gasteiger partial charge in [-0.1, -0.05) is 19.8 Å². The molecule has 0 aromatic heterocycles. The fraction of sp³-hybridized carbons (Fsp3) is 1.00. The zero-order valence-corrected chi connectivity index (χ0v) is 9.96. The average Bonchev–Trinajstić information content (AvgIpc) is 2.29. The number of nitrogens with one attached hydrogen (secondary N) is 1. The minimum atomic E-state index is 0.651. The van der Waals surface area contributed by atoms with Gasteiger partial charge >= 0.3 is 0 Å². The van der Waals surface area contributed by atoms with Crippen LogP contribution in [0.3, 0.4) is 0 Å². The average molecular weight is 215 g/mol. The van der Waals surface area contributed by atoms with Crippen molar-refractivity contribution in [3.8, 4) is 0 Å². The Morgan fingerprint density at radius 1 is 1.20 bits per heavy atom. The van der Waals surface area contributed by atoms with Gasteiger partial charge in [0.25, 0.3) is 0 Å². The molecule has 0 saturated carbocycles. The van der Waals surface area contributed by atoms with Crippen molar-refractivity contribution in [2.45, 2.75) is 45.1 Å². The van der Waals surface area contributed by atoms with Crippen molar-refractivity contribution in [3.63, 3.8) is 0 Å². The van der Waals surface area contributed by atoms with Crippen LogP contribution in [0.15, 0.2) is 0 Å². The van der Waals surface area contributed by atoms with Crippen molar-refractivity contribution in [1.29, 1.82) is 0 Å². The fourth-order valence-electron chi connectivity index (χ4n) is 1.79. The Balaban J connectivity index is 1.79. The summed E-state index contributed by atoms with van der Waals surface area (Å²) >= 11 is 0. The molecule has 3 nitrogen and oxygen atoms in total. The molecule has 0 radical (unpaired) electrons. The third-order valence-corrected chi connectivity index (χ3v) is 2.79. The van der Waals surface area contributed by atoms with Gasteiger partial charge in [-0.25, -0.2) is 0 Å². The zero-order valence-electron chi connectivity index (χ0n) is 9.96. The van der Waals surface area contributed by atoms with Gasteiger partial charge in [0.1, 0.15) is 0 Å². The van der Waals surface area contributed by atoms with Crippen LogP contribution in [0.2, 0.25) is 0 Å². The molecule has 0 atom stereocenters. The van der Waals surface area contributed by atoms with Crippen molar-refractivity contribution in [1.82, 2.24) is 5.32 Å². The summed E-state index contributed by atoms with van der Waals surface area (Å²) in [6, 6.07) is 0.651. The van der Waals surface area contributed by atoms with Crippen LogP contribution in [0.5, 0.6) is 0 Å². The molecule has 0 aromatic carbocycles. The first kappa shape index (κ1) is 12.9. The second-order valence-electron chi connectivity index (χ2n) is 4.16. The van der Waals surface area contributed by atoms with Crippen molar-refractivity contribution < 1.29 is 9.47 Å². The first-order chi connectivity index (χ1) is 7.43. The van der Waals surface area contributed by atoms with Crippen LogP contribution in [-0.2, 0) is 9.47 Å². The smallest absolute Gasteiger partial charge is 0.0591 e. The van der Waals surface area contributed by atoms with Gasteiger partial charge in [0.05, 0.1) is 6.61 Å². The molecule has 0 spiro atoms. The van der Waals surface area contributed by atoms with Gasteiger partial charge in [-0.3, -0.25) is 0 Å². The molecule has 3 heteroatoms. The van der Waals surface area contributed by atoms with Crippen LogP contribution in [0.1, 0.15) is 39.0 Å². The number of unbranched alkanes of at least 4 members (excludes halogenated alkanes) is 2. The minimum Gasteiger partial charge on any atom is -0.381 e. The fourth-order valence-corrected chi connectivity index (χ4v) is 1.79. The quantitative estimate of drug-likeness (QED) is 0.628. The number of hydrogen-bond donors (Lipinski definition) is 1. The van der Waals surface area contributed by atoms with Gasteiger partial charge in [-0.2, -0.15) is 0 Å².